The van der Waals surface area contributed by atoms with Gasteiger partial charge in [0.25, 0.3) is 17.4 Å². The van der Waals surface area contributed by atoms with Crippen molar-refractivity contribution in [2.45, 2.75) is 6.54 Å². The van der Waals surface area contributed by atoms with Crippen molar-refractivity contribution >= 4 is 40.7 Å². The smallest absolute Gasteiger partial charge is 0.267 e. The van der Waals surface area contributed by atoms with Crippen molar-refractivity contribution in [1.29, 1.82) is 0 Å². The predicted octanol–water partition coefficient (Wildman–Crippen LogP) is 4.00. The summed E-state index contributed by atoms with van der Waals surface area (Å²) in [6.07, 6.45) is 0. The molecule has 4 aromatic rings. The minimum Gasteiger partial charge on any atom is -0.324 e. The van der Waals surface area contributed by atoms with Gasteiger partial charge in [-0.3, -0.25) is 19.2 Å². The Balaban J connectivity index is 1.33. The van der Waals surface area contributed by atoms with Crippen molar-refractivity contribution < 1.29 is 14.4 Å². The average molecular weight is 485 g/mol. The van der Waals surface area contributed by atoms with Crippen LogP contribution in [0.4, 0.5) is 11.4 Å². The lowest BCUT2D eigenvalue weighted by Gasteiger charge is -2.16. The van der Waals surface area contributed by atoms with Gasteiger partial charge in [-0.2, -0.15) is 5.10 Å². The first kappa shape index (κ1) is 22.2. The van der Waals surface area contributed by atoms with Crippen LogP contribution in [0.3, 0.4) is 0 Å². The summed E-state index contributed by atoms with van der Waals surface area (Å²) in [4.78, 5) is 51.3. The highest BCUT2D eigenvalue weighted by Gasteiger charge is 2.37. The molecule has 0 fully saturated rings. The number of nitrogens with one attached hydrogen (secondary N) is 1. The lowest BCUT2D eigenvalue weighted by Crippen LogP contribution is -2.30. The molecule has 0 saturated carbocycles. The van der Waals surface area contributed by atoms with Crippen LogP contribution >= 0.6 is 11.6 Å². The van der Waals surface area contributed by atoms with Gasteiger partial charge in [0.1, 0.15) is 6.54 Å². The van der Waals surface area contributed by atoms with Gasteiger partial charge in [-0.15, -0.1) is 0 Å². The molecule has 1 aliphatic rings. The van der Waals surface area contributed by atoms with Gasteiger partial charge in [0.2, 0.25) is 5.91 Å². The largest absolute Gasteiger partial charge is 0.324 e. The Morgan fingerprint density at radius 2 is 1.49 bits per heavy atom. The molecule has 172 valence electrons. The average Bonchev–Trinajstić information content (AvgIpc) is 3.11. The number of imide groups is 1. The quantitative estimate of drug-likeness (QED) is 0.431. The van der Waals surface area contributed by atoms with E-state index in [9.17, 15) is 19.2 Å². The van der Waals surface area contributed by atoms with E-state index in [4.69, 9.17) is 11.6 Å². The van der Waals surface area contributed by atoms with Gasteiger partial charge in [-0.05, 0) is 36.4 Å². The van der Waals surface area contributed by atoms with Crippen molar-refractivity contribution in [3.8, 4) is 11.3 Å². The number of amides is 3. The van der Waals surface area contributed by atoms with E-state index >= 15 is 0 Å². The lowest BCUT2D eigenvalue weighted by atomic mass is 10.1. The van der Waals surface area contributed by atoms with Crippen LogP contribution in [0.25, 0.3) is 11.3 Å². The second-order valence-corrected chi connectivity index (χ2v) is 8.19. The maximum atomic E-state index is 12.7. The Morgan fingerprint density at radius 3 is 2.14 bits per heavy atom. The second kappa shape index (κ2) is 9.00. The maximum absolute atomic E-state index is 12.7. The highest BCUT2D eigenvalue weighted by Crippen LogP contribution is 2.34. The second-order valence-electron chi connectivity index (χ2n) is 7.79. The molecule has 0 atom stereocenters. The van der Waals surface area contributed by atoms with Crippen LogP contribution in [-0.2, 0) is 11.3 Å². The molecule has 0 saturated heterocycles. The number of rotatable bonds is 5. The van der Waals surface area contributed by atoms with E-state index in [-0.39, 0.29) is 17.3 Å². The SMILES string of the molecule is O=C(Cn1nc(-c2ccccc2)ccc1=O)Nc1ccc(N2C(=O)c3ccccc3C2=O)c(Cl)c1. The summed E-state index contributed by atoms with van der Waals surface area (Å²) in [5, 5.41) is 7.05. The molecular formula is C26H17ClN4O4. The summed E-state index contributed by atoms with van der Waals surface area (Å²) in [7, 11) is 0. The number of benzene rings is 3. The van der Waals surface area contributed by atoms with Gasteiger partial charge >= 0.3 is 0 Å². The lowest BCUT2D eigenvalue weighted by molar-refractivity contribution is -0.117. The fourth-order valence-corrected chi connectivity index (χ4v) is 4.10. The molecule has 0 radical (unpaired) electrons. The molecule has 0 bridgehead atoms. The number of hydrogen-bond acceptors (Lipinski definition) is 5. The summed E-state index contributed by atoms with van der Waals surface area (Å²) in [6, 6.07) is 23.2. The van der Waals surface area contributed by atoms with Crippen LogP contribution in [0.2, 0.25) is 5.02 Å². The summed E-state index contributed by atoms with van der Waals surface area (Å²) >= 11 is 6.38. The summed E-state index contributed by atoms with van der Waals surface area (Å²) in [6.45, 7) is -0.308. The molecule has 0 spiro atoms. The number of aromatic nitrogens is 2. The Morgan fingerprint density at radius 1 is 0.829 bits per heavy atom. The highest BCUT2D eigenvalue weighted by molar-refractivity contribution is 6.40. The minimum absolute atomic E-state index is 0.110. The van der Waals surface area contributed by atoms with Gasteiger partial charge < -0.3 is 5.32 Å². The van der Waals surface area contributed by atoms with E-state index in [0.29, 0.717) is 22.5 Å². The van der Waals surface area contributed by atoms with Gasteiger partial charge in [-0.25, -0.2) is 9.58 Å². The van der Waals surface area contributed by atoms with Crippen molar-refractivity contribution in [2.24, 2.45) is 0 Å². The van der Waals surface area contributed by atoms with Crippen molar-refractivity contribution in [1.82, 2.24) is 9.78 Å². The van der Waals surface area contributed by atoms with Crippen molar-refractivity contribution in [2.75, 3.05) is 10.2 Å². The molecule has 3 amide bonds. The minimum atomic E-state index is -0.491. The molecule has 0 aliphatic carbocycles. The van der Waals surface area contributed by atoms with Gasteiger partial charge in [0.15, 0.2) is 0 Å². The Hall–Kier alpha value is -4.56. The first-order chi connectivity index (χ1) is 16.9. The van der Waals surface area contributed by atoms with Gasteiger partial charge in [0, 0.05) is 17.3 Å². The number of nitrogens with zero attached hydrogens (tertiary/aromatic N) is 3. The van der Waals surface area contributed by atoms with E-state index in [1.54, 1.807) is 30.3 Å². The van der Waals surface area contributed by atoms with E-state index in [2.05, 4.69) is 10.4 Å². The monoisotopic (exact) mass is 484 g/mol. The molecule has 2 heterocycles. The third-order valence-electron chi connectivity index (χ3n) is 5.50. The molecule has 5 rings (SSSR count). The van der Waals surface area contributed by atoms with Crippen LogP contribution in [0.15, 0.2) is 89.7 Å². The third kappa shape index (κ3) is 4.22. The molecule has 1 aromatic heterocycles. The van der Waals surface area contributed by atoms with E-state index in [0.717, 1.165) is 15.1 Å². The molecule has 35 heavy (non-hydrogen) atoms. The topological polar surface area (TPSA) is 101 Å². The molecule has 1 N–H and O–H groups in total. The molecule has 0 unspecified atom stereocenters. The van der Waals surface area contributed by atoms with Crippen molar-refractivity contribution in [3.63, 3.8) is 0 Å². The van der Waals surface area contributed by atoms with Gasteiger partial charge in [0.05, 0.1) is 27.5 Å². The summed E-state index contributed by atoms with van der Waals surface area (Å²) in [5.41, 5.74) is 2.13. The maximum Gasteiger partial charge on any atom is 0.267 e. The fraction of sp³-hybridized carbons (Fsp3) is 0.0385. The van der Waals surface area contributed by atoms with Crippen LogP contribution in [0.1, 0.15) is 20.7 Å². The van der Waals surface area contributed by atoms with Gasteiger partial charge in [-0.1, -0.05) is 54.1 Å². The van der Waals surface area contributed by atoms with E-state index in [1.807, 2.05) is 30.3 Å². The predicted molar refractivity (Wildman–Crippen MR) is 132 cm³/mol. The van der Waals surface area contributed by atoms with Crippen molar-refractivity contribution in [3.05, 3.63) is 111 Å². The fourth-order valence-electron chi connectivity index (χ4n) is 3.84. The Labute approximate surface area is 204 Å². The zero-order chi connectivity index (χ0) is 24.5. The third-order valence-corrected chi connectivity index (χ3v) is 5.80. The zero-order valence-electron chi connectivity index (χ0n) is 18.1. The number of carbonyl (C=O) groups excluding carboxylic acids is 3. The first-order valence-corrected chi connectivity index (χ1v) is 11.0. The molecule has 3 aromatic carbocycles. The molecule has 8 nitrogen and oxygen atoms in total. The highest BCUT2D eigenvalue weighted by atomic mass is 35.5. The van der Waals surface area contributed by atoms with Crippen LogP contribution in [0.5, 0.6) is 0 Å². The number of hydrogen-bond donors (Lipinski definition) is 1. The number of halogens is 1. The normalized spacial score (nSPS) is 12.5. The summed E-state index contributed by atoms with van der Waals surface area (Å²) < 4.78 is 1.08. The first-order valence-electron chi connectivity index (χ1n) is 10.6. The molecular weight excluding hydrogens is 468 g/mol. The number of anilines is 2. The standard InChI is InChI=1S/C26H17ClN4O4/c27-20-14-17(10-12-22(20)31-25(34)18-8-4-5-9-19(18)26(31)35)28-23(32)15-30-24(33)13-11-21(29-30)16-6-2-1-3-7-16/h1-14H,15H2,(H,28,32). The van der Waals surface area contributed by atoms with E-state index in [1.165, 1.54) is 24.3 Å². The number of fused-ring (bicyclic) bond motifs is 1. The van der Waals surface area contributed by atoms with Crippen LogP contribution in [-0.4, -0.2) is 27.5 Å². The van der Waals surface area contributed by atoms with Crippen LogP contribution < -0.4 is 15.8 Å². The van der Waals surface area contributed by atoms with E-state index < -0.39 is 23.3 Å². The zero-order valence-corrected chi connectivity index (χ0v) is 18.9. The van der Waals surface area contributed by atoms with Crippen LogP contribution in [0, 0.1) is 0 Å². The number of carbonyl (C=O) groups is 3. The molecule has 9 heteroatoms. The Kier molecular flexibility index (Phi) is 5.72. The summed E-state index contributed by atoms with van der Waals surface area (Å²) in [5.74, 6) is -1.42. The molecule has 1 aliphatic heterocycles. The Bertz CT molecular complexity index is 1510.